The summed E-state index contributed by atoms with van der Waals surface area (Å²) in [6.45, 7) is 1.79. The van der Waals surface area contributed by atoms with E-state index in [2.05, 4.69) is 35.2 Å². The van der Waals surface area contributed by atoms with Crippen molar-refractivity contribution in [2.45, 2.75) is 6.61 Å². The Morgan fingerprint density at radius 2 is 1.24 bits per heavy atom. The molecule has 0 N–H and O–H groups in total. The molecule has 0 unspecified atom stereocenters. The predicted molar refractivity (Wildman–Crippen MR) is 184 cm³/mol. The maximum atomic E-state index is 13.0. The molecule has 0 saturated heterocycles. The summed E-state index contributed by atoms with van der Waals surface area (Å²) in [4.78, 5) is 15.1. The highest BCUT2D eigenvalue weighted by Gasteiger charge is 2.13. The summed E-state index contributed by atoms with van der Waals surface area (Å²) < 4.78 is 23.2. The van der Waals surface area contributed by atoms with Crippen molar-refractivity contribution < 1.29 is 23.7 Å². The Balaban J connectivity index is 1.25. The normalized spacial score (nSPS) is 11.3. The number of rotatable bonds is 15. The zero-order valence-corrected chi connectivity index (χ0v) is 26.5. The van der Waals surface area contributed by atoms with Gasteiger partial charge < -0.3 is 23.8 Å². The molecule has 0 atom stereocenters. The molecule has 0 aliphatic carbocycles. The maximum absolute atomic E-state index is 13.0. The van der Waals surface area contributed by atoms with E-state index >= 15 is 0 Å². The second-order valence-corrected chi connectivity index (χ2v) is 11.0. The molecular formula is C40H39NO5. The quantitative estimate of drug-likeness (QED) is 0.0880. The van der Waals surface area contributed by atoms with Crippen molar-refractivity contribution >= 4 is 17.4 Å². The molecule has 0 radical (unpaired) electrons. The van der Waals surface area contributed by atoms with Crippen LogP contribution >= 0.6 is 0 Å². The third kappa shape index (κ3) is 9.10. The first-order valence-corrected chi connectivity index (χ1v) is 15.2. The SMILES string of the molecule is COc1cc(C(=O)COc2ccc(/C(=C/c3ccccc3)c3ccc(OCCN(C)C)cc3)cc2)ccc1OCc1ccccc1. The van der Waals surface area contributed by atoms with E-state index in [0.717, 1.165) is 40.1 Å². The second-order valence-electron chi connectivity index (χ2n) is 11.0. The van der Waals surface area contributed by atoms with E-state index in [4.69, 9.17) is 18.9 Å². The van der Waals surface area contributed by atoms with Crippen LogP contribution in [-0.2, 0) is 6.61 Å². The molecule has 0 aliphatic heterocycles. The molecule has 234 valence electrons. The molecule has 5 aromatic carbocycles. The highest BCUT2D eigenvalue weighted by molar-refractivity contribution is 5.98. The molecule has 0 fully saturated rings. The zero-order valence-electron chi connectivity index (χ0n) is 26.5. The molecule has 0 saturated carbocycles. The van der Waals surface area contributed by atoms with E-state index in [1.54, 1.807) is 25.3 Å². The third-order valence-corrected chi connectivity index (χ3v) is 7.34. The molecule has 0 bridgehead atoms. The summed E-state index contributed by atoms with van der Waals surface area (Å²) in [5.74, 6) is 2.36. The van der Waals surface area contributed by atoms with Crippen LogP contribution in [-0.4, -0.2) is 51.6 Å². The van der Waals surface area contributed by atoms with E-state index in [-0.39, 0.29) is 12.4 Å². The summed E-state index contributed by atoms with van der Waals surface area (Å²) in [6.07, 6.45) is 2.17. The first-order chi connectivity index (χ1) is 22.5. The van der Waals surface area contributed by atoms with Gasteiger partial charge in [0.15, 0.2) is 23.9 Å². The number of nitrogens with zero attached hydrogens (tertiary/aromatic N) is 1. The highest BCUT2D eigenvalue weighted by atomic mass is 16.5. The van der Waals surface area contributed by atoms with Crippen LogP contribution in [0.15, 0.2) is 127 Å². The number of benzene rings is 5. The number of hydrogen-bond acceptors (Lipinski definition) is 6. The van der Waals surface area contributed by atoms with Crippen molar-refractivity contribution in [2.75, 3.05) is 41.0 Å². The minimum absolute atomic E-state index is 0.102. The molecule has 0 aliphatic rings. The Morgan fingerprint density at radius 1 is 0.652 bits per heavy atom. The summed E-state index contributed by atoms with van der Waals surface area (Å²) in [7, 11) is 5.62. The average Bonchev–Trinajstić information content (AvgIpc) is 3.10. The number of carbonyl (C=O) groups is 1. The Labute approximate surface area is 271 Å². The molecule has 5 rings (SSSR count). The van der Waals surface area contributed by atoms with Crippen molar-refractivity contribution in [2.24, 2.45) is 0 Å². The molecule has 6 nitrogen and oxygen atoms in total. The summed E-state index contributed by atoms with van der Waals surface area (Å²) in [5, 5.41) is 0. The van der Waals surface area contributed by atoms with Crippen LogP contribution in [0.4, 0.5) is 0 Å². The van der Waals surface area contributed by atoms with Gasteiger partial charge in [-0.3, -0.25) is 4.79 Å². The van der Waals surface area contributed by atoms with Crippen molar-refractivity contribution in [1.29, 1.82) is 0 Å². The molecule has 6 heteroatoms. The first-order valence-electron chi connectivity index (χ1n) is 15.2. The van der Waals surface area contributed by atoms with Crippen LogP contribution in [0.2, 0.25) is 0 Å². The highest BCUT2D eigenvalue weighted by Crippen LogP contribution is 2.31. The van der Waals surface area contributed by atoms with Gasteiger partial charge in [0.05, 0.1) is 7.11 Å². The van der Waals surface area contributed by atoms with Gasteiger partial charge in [0.25, 0.3) is 0 Å². The summed E-state index contributed by atoms with van der Waals surface area (Å²) in [5.41, 5.74) is 5.79. The molecule has 0 heterocycles. The van der Waals surface area contributed by atoms with Gasteiger partial charge in [0.1, 0.15) is 24.7 Å². The fourth-order valence-electron chi connectivity index (χ4n) is 4.78. The molecular weight excluding hydrogens is 574 g/mol. The zero-order chi connectivity index (χ0) is 32.1. The fraction of sp³-hybridized carbons (Fsp3) is 0.175. The van der Waals surface area contributed by atoms with Gasteiger partial charge in [0.2, 0.25) is 0 Å². The monoisotopic (exact) mass is 613 g/mol. The second kappa shape index (κ2) is 16.1. The van der Waals surface area contributed by atoms with E-state index < -0.39 is 0 Å². The fourth-order valence-corrected chi connectivity index (χ4v) is 4.78. The van der Waals surface area contributed by atoms with Crippen LogP contribution in [0.1, 0.15) is 32.6 Å². The Kier molecular flexibility index (Phi) is 11.2. The molecule has 0 amide bonds. The van der Waals surface area contributed by atoms with Crippen molar-refractivity contribution in [1.82, 2.24) is 4.90 Å². The lowest BCUT2D eigenvalue weighted by Crippen LogP contribution is -2.19. The minimum Gasteiger partial charge on any atom is -0.493 e. The maximum Gasteiger partial charge on any atom is 0.200 e. The molecule has 46 heavy (non-hydrogen) atoms. The predicted octanol–water partition coefficient (Wildman–Crippen LogP) is 8.07. The van der Waals surface area contributed by atoms with Gasteiger partial charge in [-0.1, -0.05) is 84.9 Å². The van der Waals surface area contributed by atoms with Gasteiger partial charge in [-0.15, -0.1) is 0 Å². The van der Waals surface area contributed by atoms with Crippen LogP contribution < -0.4 is 18.9 Å². The van der Waals surface area contributed by atoms with Gasteiger partial charge in [-0.2, -0.15) is 0 Å². The number of ether oxygens (including phenoxy) is 4. The number of likely N-dealkylation sites (N-methyl/N-ethyl adjacent to an activating group) is 1. The van der Waals surface area contributed by atoms with Crippen LogP contribution in [0.3, 0.4) is 0 Å². The molecule has 0 spiro atoms. The lowest BCUT2D eigenvalue weighted by atomic mass is 9.95. The van der Waals surface area contributed by atoms with E-state index in [1.165, 1.54) is 0 Å². The Morgan fingerprint density at radius 3 is 1.85 bits per heavy atom. The number of Topliss-reactive ketones (excluding diaryl/α,β-unsaturated/α-hetero) is 1. The van der Waals surface area contributed by atoms with Gasteiger partial charge in [0, 0.05) is 12.1 Å². The number of hydrogen-bond donors (Lipinski definition) is 0. The number of methoxy groups -OCH3 is 1. The smallest absolute Gasteiger partial charge is 0.200 e. The van der Waals surface area contributed by atoms with Crippen LogP contribution in [0.5, 0.6) is 23.0 Å². The van der Waals surface area contributed by atoms with E-state index in [1.807, 2.05) is 99.0 Å². The average molecular weight is 614 g/mol. The number of ketones is 1. The number of carbonyl (C=O) groups excluding carboxylic acids is 1. The lowest BCUT2D eigenvalue weighted by Gasteiger charge is -2.14. The third-order valence-electron chi connectivity index (χ3n) is 7.34. The van der Waals surface area contributed by atoms with E-state index in [0.29, 0.717) is 36.0 Å². The van der Waals surface area contributed by atoms with Crippen molar-refractivity contribution in [3.05, 3.63) is 155 Å². The first kappa shape index (κ1) is 32.1. The Hall–Kier alpha value is -5.33. The van der Waals surface area contributed by atoms with Crippen molar-refractivity contribution in [3.63, 3.8) is 0 Å². The standard InChI is InChI=1S/C40H39NO5/c1-41(2)24-25-44-35-19-14-32(15-20-35)37(26-30-10-6-4-7-11-30)33-16-21-36(22-17-33)45-29-38(42)34-18-23-39(40(27-34)43-3)46-28-31-12-8-5-9-13-31/h4-23,26-27H,24-25,28-29H2,1-3H3/b37-26+. The lowest BCUT2D eigenvalue weighted by molar-refractivity contribution is 0.0921. The minimum atomic E-state index is -0.158. The largest absolute Gasteiger partial charge is 0.493 e. The summed E-state index contributed by atoms with van der Waals surface area (Å²) >= 11 is 0. The topological polar surface area (TPSA) is 57.2 Å². The van der Waals surface area contributed by atoms with Gasteiger partial charge in [-0.05, 0) is 90.5 Å². The van der Waals surface area contributed by atoms with Crippen molar-refractivity contribution in [3.8, 4) is 23.0 Å². The van der Waals surface area contributed by atoms with Gasteiger partial charge >= 0.3 is 0 Å². The van der Waals surface area contributed by atoms with Gasteiger partial charge in [-0.25, -0.2) is 0 Å². The molecule has 5 aromatic rings. The van der Waals surface area contributed by atoms with Crippen LogP contribution in [0, 0.1) is 0 Å². The Bertz CT molecular complexity index is 1710. The van der Waals surface area contributed by atoms with Crippen LogP contribution in [0.25, 0.3) is 11.6 Å². The molecule has 0 aromatic heterocycles. The van der Waals surface area contributed by atoms with E-state index in [9.17, 15) is 4.79 Å². The summed E-state index contributed by atoms with van der Waals surface area (Å²) in [6, 6.07) is 41.3.